The van der Waals surface area contributed by atoms with E-state index in [4.69, 9.17) is 0 Å². The first-order chi connectivity index (χ1) is 12.7. The van der Waals surface area contributed by atoms with Gasteiger partial charge in [0.25, 0.3) is 0 Å². The van der Waals surface area contributed by atoms with Gasteiger partial charge in [0.05, 0.1) is 4.88 Å². The molecule has 0 spiro atoms. The molecule has 0 fully saturated rings. The van der Waals surface area contributed by atoms with E-state index >= 15 is 0 Å². The van der Waals surface area contributed by atoms with Gasteiger partial charge < -0.3 is 0 Å². The molecule has 4 aromatic rings. The standard InChI is InChI=1S/C19H13BrFN3S2/c20-14-9-8-13(16(21)11-14)12-26-19-23-22-18(17-7-4-10-25-17)24(19)15-5-2-1-3-6-15/h1-11H,12H2. The Kier molecular flexibility index (Phi) is 5.19. The van der Waals surface area contributed by atoms with Gasteiger partial charge in [-0.15, -0.1) is 21.5 Å². The third-order valence-corrected chi connectivity index (χ3v) is 6.10. The molecule has 0 saturated heterocycles. The van der Waals surface area contributed by atoms with Crippen LogP contribution in [0.4, 0.5) is 4.39 Å². The number of hydrogen-bond acceptors (Lipinski definition) is 4. The van der Waals surface area contributed by atoms with Gasteiger partial charge in [-0.2, -0.15) is 0 Å². The van der Waals surface area contributed by atoms with Gasteiger partial charge in [-0.3, -0.25) is 4.57 Å². The minimum Gasteiger partial charge on any atom is -0.269 e. The van der Waals surface area contributed by atoms with Crippen LogP contribution in [0.5, 0.6) is 0 Å². The SMILES string of the molecule is Fc1cc(Br)ccc1CSc1nnc(-c2cccs2)n1-c1ccccc1. The summed E-state index contributed by atoms with van der Waals surface area (Å²) in [7, 11) is 0. The Labute approximate surface area is 167 Å². The number of hydrogen-bond donors (Lipinski definition) is 0. The van der Waals surface area contributed by atoms with E-state index in [1.165, 1.54) is 17.8 Å². The van der Waals surface area contributed by atoms with Crippen LogP contribution >= 0.6 is 39.0 Å². The van der Waals surface area contributed by atoms with Crippen molar-refractivity contribution in [2.24, 2.45) is 0 Å². The van der Waals surface area contributed by atoms with Gasteiger partial charge in [0, 0.05) is 15.9 Å². The number of benzene rings is 2. The molecule has 3 nitrogen and oxygen atoms in total. The highest BCUT2D eigenvalue weighted by molar-refractivity contribution is 9.10. The molecule has 0 bridgehead atoms. The molecule has 0 aliphatic carbocycles. The molecule has 0 atom stereocenters. The molecule has 0 aliphatic rings. The van der Waals surface area contributed by atoms with Crippen LogP contribution in [0.25, 0.3) is 16.4 Å². The number of para-hydroxylation sites is 1. The van der Waals surface area contributed by atoms with E-state index in [-0.39, 0.29) is 5.82 Å². The third kappa shape index (κ3) is 3.60. The first-order valence-corrected chi connectivity index (χ1v) is 10.5. The zero-order valence-corrected chi connectivity index (χ0v) is 16.7. The van der Waals surface area contributed by atoms with Crippen LogP contribution in [-0.4, -0.2) is 14.8 Å². The number of thiophene rings is 1. The summed E-state index contributed by atoms with van der Waals surface area (Å²) in [4.78, 5) is 1.04. The molecule has 2 aromatic carbocycles. The Balaban J connectivity index is 1.70. The Morgan fingerprint density at radius 2 is 1.88 bits per heavy atom. The summed E-state index contributed by atoms with van der Waals surface area (Å²) in [5, 5.41) is 11.5. The molecule has 2 heterocycles. The molecule has 0 saturated carbocycles. The fourth-order valence-electron chi connectivity index (χ4n) is 2.52. The van der Waals surface area contributed by atoms with Gasteiger partial charge in [-0.25, -0.2) is 4.39 Å². The number of rotatable bonds is 5. The minimum absolute atomic E-state index is 0.226. The molecular formula is C19H13BrFN3S2. The highest BCUT2D eigenvalue weighted by Crippen LogP contribution is 2.32. The molecule has 2 aromatic heterocycles. The second-order valence-corrected chi connectivity index (χ2v) is 8.28. The fourth-order valence-corrected chi connectivity index (χ4v) is 4.49. The summed E-state index contributed by atoms with van der Waals surface area (Å²) in [5.41, 5.74) is 1.62. The normalized spacial score (nSPS) is 11.0. The van der Waals surface area contributed by atoms with Crippen molar-refractivity contribution in [3.63, 3.8) is 0 Å². The first-order valence-electron chi connectivity index (χ1n) is 7.84. The predicted octanol–water partition coefficient (Wildman–Crippen LogP) is 6.19. The smallest absolute Gasteiger partial charge is 0.196 e. The van der Waals surface area contributed by atoms with Crippen molar-refractivity contribution in [2.75, 3.05) is 0 Å². The number of halogens is 2. The Bertz CT molecular complexity index is 1020. The monoisotopic (exact) mass is 445 g/mol. The van der Waals surface area contributed by atoms with Crippen LogP contribution in [0.3, 0.4) is 0 Å². The van der Waals surface area contributed by atoms with E-state index in [9.17, 15) is 4.39 Å². The summed E-state index contributed by atoms with van der Waals surface area (Å²) < 4.78 is 16.9. The molecule has 0 unspecified atom stereocenters. The number of nitrogens with zero attached hydrogens (tertiary/aromatic N) is 3. The van der Waals surface area contributed by atoms with Crippen molar-refractivity contribution in [1.29, 1.82) is 0 Å². The lowest BCUT2D eigenvalue weighted by molar-refractivity contribution is 0.616. The van der Waals surface area contributed by atoms with Crippen LogP contribution in [0.2, 0.25) is 0 Å². The van der Waals surface area contributed by atoms with Gasteiger partial charge in [0.15, 0.2) is 11.0 Å². The van der Waals surface area contributed by atoms with E-state index < -0.39 is 0 Å². The van der Waals surface area contributed by atoms with E-state index in [2.05, 4.69) is 26.1 Å². The fraction of sp³-hybridized carbons (Fsp3) is 0.0526. The quantitative estimate of drug-likeness (QED) is 0.343. The number of thioether (sulfide) groups is 1. The van der Waals surface area contributed by atoms with Crippen molar-refractivity contribution in [3.8, 4) is 16.4 Å². The van der Waals surface area contributed by atoms with Crippen LogP contribution in [0.1, 0.15) is 5.56 Å². The lowest BCUT2D eigenvalue weighted by Crippen LogP contribution is -1.99. The molecule has 130 valence electrons. The second-order valence-electron chi connectivity index (χ2n) is 5.48. The summed E-state index contributed by atoms with van der Waals surface area (Å²) in [6.07, 6.45) is 0. The Morgan fingerprint density at radius 3 is 2.62 bits per heavy atom. The molecule has 26 heavy (non-hydrogen) atoms. The number of aromatic nitrogens is 3. The van der Waals surface area contributed by atoms with Gasteiger partial charge in [-0.05, 0) is 41.3 Å². The molecular weight excluding hydrogens is 433 g/mol. The van der Waals surface area contributed by atoms with E-state index in [0.29, 0.717) is 11.3 Å². The molecule has 0 amide bonds. The van der Waals surface area contributed by atoms with Crippen molar-refractivity contribution in [3.05, 3.63) is 81.9 Å². The van der Waals surface area contributed by atoms with Crippen LogP contribution in [0.15, 0.2) is 75.7 Å². The molecule has 4 rings (SSSR count). The Morgan fingerprint density at radius 1 is 1.04 bits per heavy atom. The summed E-state index contributed by atoms with van der Waals surface area (Å²) in [6.45, 7) is 0. The predicted molar refractivity (Wildman–Crippen MR) is 108 cm³/mol. The van der Waals surface area contributed by atoms with Crippen LogP contribution in [-0.2, 0) is 5.75 Å². The topological polar surface area (TPSA) is 30.7 Å². The van der Waals surface area contributed by atoms with Gasteiger partial charge >= 0.3 is 0 Å². The van der Waals surface area contributed by atoms with Gasteiger partial charge in [0.2, 0.25) is 0 Å². The van der Waals surface area contributed by atoms with Crippen LogP contribution in [0, 0.1) is 5.82 Å². The second kappa shape index (κ2) is 7.73. The van der Waals surface area contributed by atoms with Crippen molar-refractivity contribution < 1.29 is 4.39 Å². The zero-order chi connectivity index (χ0) is 17.9. The largest absolute Gasteiger partial charge is 0.269 e. The maximum absolute atomic E-state index is 14.1. The highest BCUT2D eigenvalue weighted by Gasteiger charge is 2.17. The molecule has 0 aliphatic heterocycles. The van der Waals surface area contributed by atoms with Gasteiger partial charge in [0.1, 0.15) is 5.82 Å². The van der Waals surface area contributed by atoms with Crippen molar-refractivity contribution >= 4 is 39.0 Å². The summed E-state index contributed by atoms with van der Waals surface area (Å²) >= 11 is 6.38. The highest BCUT2D eigenvalue weighted by atomic mass is 79.9. The molecule has 7 heteroatoms. The zero-order valence-electron chi connectivity index (χ0n) is 13.5. The average molecular weight is 446 g/mol. The lowest BCUT2D eigenvalue weighted by atomic mass is 10.2. The molecule has 0 N–H and O–H groups in total. The van der Waals surface area contributed by atoms with Crippen molar-refractivity contribution in [1.82, 2.24) is 14.8 Å². The summed E-state index contributed by atoms with van der Waals surface area (Å²) in [6, 6.07) is 19.1. The van der Waals surface area contributed by atoms with Crippen LogP contribution < -0.4 is 0 Å². The summed E-state index contributed by atoms with van der Waals surface area (Å²) in [5.74, 6) is 1.05. The maximum atomic E-state index is 14.1. The van der Waals surface area contributed by atoms with E-state index in [0.717, 1.165) is 26.0 Å². The van der Waals surface area contributed by atoms with Gasteiger partial charge in [-0.1, -0.05) is 58.0 Å². The first kappa shape index (κ1) is 17.5. The average Bonchev–Trinajstić information content (AvgIpc) is 3.31. The molecule has 0 radical (unpaired) electrons. The van der Waals surface area contributed by atoms with E-state index in [1.54, 1.807) is 17.4 Å². The van der Waals surface area contributed by atoms with Crippen molar-refractivity contribution in [2.45, 2.75) is 10.9 Å². The lowest BCUT2D eigenvalue weighted by Gasteiger charge is -2.09. The third-order valence-electron chi connectivity index (χ3n) is 3.76. The minimum atomic E-state index is -0.226. The Hall–Kier alpha value is -1.96. The van der Waals surface area contributed by atoms with E-state index in [1.807, 2.05) is 58.5 Å². The maximum Gasteiger partial charge on any atom is 0.196 e.